The molecule has 0 aromatic heterocycles. The molecule has 4 aliphatic carbocycles. The first-order chi connectivity index (χ1) is 15.5. The standard InChI is InChI=1S/C27H26FNO3/c1-31-25-12-17(11-21(16-29)22-4-2-3-5-23(22)28)6-7-24(25)32-26(30)27-13-18-8-19(14-27)10-20(9-18)15-27/h2-7,11-12,18-20H,8-10,13-15H2,1H3/b21-11-. The van der Waals surface area contributed by atoms with Crippen LogP contribution in [0.25, 0.3) is 11.6 Å². The number of nitriles is 1. The minimum Gasteiger partial charge on any atom is -0.493 e. The van der Waals surface area contributed by atoms with Gasteiger partial charge in [0.1, 0.15) is 5.82 Å². The van der Waals surface area contributed by atoms with E-state index in [4.69, 9.17) is 9.47 Å². The van der Waals surface area contributed by atoms with Crippen LogP contribution in [-0.2, 0) is 4.79 Å². The van der Waals surface area contributed by atoms with Crippen LogP contribution in [-0.4, -0.2) is 13.1 Å². The smallest absolute Gasteiger partial charge is 0.317 e. The average Bonchev–Trinajstić information content (AvgIpc) is 2.78. The molecule has 4 saturated carbocycles. The lowest BCUT2D eigenvalue weighted by Gasteiger charge is -2.55. The molecule has 0 spiro atoms. The number of halogens is 1. The molecule has 0 atom stereocenters. The summed E-state index contributed by atoms with van der Waals surface area (Å²) in [6, 6.07) is 13.4. The van der Waals surface area contributed by atoms with E-state index in [1.54, 1.807) is 42.5 Å². The summed E-state index contributed by atoms with van der Waals surface area (Å²) in [6.07, 6.45) is 8.21. The fourth-order valence-corrected chi connectivity index (χ4v) is 6.44. The molecule has 6 rings (SSSR count). The van der Waals surface area contributed by atoms with Gasteiger partial charge in [-0.25, -0.2) is 4.39 Å². The number of benzene rings is 2. The molecule has 5 heteroatoms. The summed E-state index contributed by atoms with van der Waals surface area (Å²) >= 11 is 0. The number of hydrogen-bond donors (Lipinski definition) is 0. The molecule has 4 nitrogen and oxygen atoms in total. The van der Waals surface area contributed by atoms with E-state index in [1.165, 1.54) is 32.4 Å². The molecule has 0 aliphatic heterocycles. The van der Waals surface area contributed by atoms with Gasteiger partial charge in [-0.3, -0.25) is 4.79 Å². The molecule has 0 unspecified atom stereocenters. The van der Waals surface area contributed by atoms with Gasteiger partial charge in [0.15, 0.2) is 11.5 Å². The minimum atomic E-state index is -0.451. The molecule has 0 radical (unpaired) electrons. The highest BCUT2D eigenvalue weighted by atomic mass is 19.1. The zero-order valence-electron chi connectivity index (χ0n) is 18.1. The number of carbonyl (C=O) groups is 1. The fourth-order valence-electron chi connectivity index (χ4n) is 6.44. The van der Waals surface area contributed by atoms with Crippen molar-refractivity contribution in [2.75, 3.05) is 7.11 Å². The number of carbonyl (C=O) groups excluding carboxylic acids is 1. The number of ether oxygens (including phenoxy) is 2. The third kappa shape index (κ3) is 3.68. The van der Waals surface area contributed by atoms with Gasteiger partial charge in [-0.05, 0) is 86.1 Å². The summed E-state index contributed by atoms with van der Waals surface area (Å²) < 4.78 is 25.5. The predicted octanol–water partition coefficient (Wildman–Crippen LogP) is 6.02. The third-order valence-electron chi connectivity index (χ3n) is 7.46. The minimum absolute atomic E-state index is 0.137. The quantitative estimate of drug-likeness (QED) is 0.251. The van der Waals surface area contributed by atoms with Gasteiger partial charge in [-0.15, -0.1) is 0 Å². The zero-order chi connectivity index (χ0) is 22.3. The second-order valence-corrected chi connectivity index (χ2v) is 9.65. The fraction of sp³-hybridized carbons (Fsp3) is 0.407. The van der Waals surface area contributed by atoms with Gasteiger partial charge in [0.25, 0.3) is 0 Å². The molecule has 4 bridgehead atoms. The summed E-state index contributed by atoms with van der Waals surface area (Å²) in [7, 11) is 1.52. The van der Waals surface area contributed by atoms with Crippen LogP contribution in [0.5, 0.6) is 11.5 Å². The van der Waals surface area contributed by atoms with Crippen molar-refractivity contribution in [2.45, 2.75) is 38.5 Å². The normalized spacial score (nSPS) is 28.3. The van der Waals surface area contributed by atoms with E-state index in [0.717, 1.165) is 19.3 Å². The lowest BCUT2D eigenvalue weighted by molar-refractivity contribution is -0.161. The number of hydrogen-bond acceptors (Lipinski definition) is 4. The lowest BCUT2D eigenvalue weighted by atomic mass is 9.49. The average molecular weight is 432 g/mol. The number of esters is 1. The Morgan fingerprint density at radius 3 is 2.31 bits per heavy atom. The Kier molecular flexibility index (Phi) is 5.25. The first kappa shape index (κ1) is 20.8. The van der Waals surface area contributed by atoms with Crippen molar-refractivity contribution in [2.24, 2.45) is 23.2 Å². The molecule has 4 fully saturated rings. The number of methoxy groups -OCH3 is 1. The van der Waals surface area contributed by atoms with Gasteiger partial charge < -0.3 is 9.47 Å². The predicted molar refractivity (Wildman–Crippen MR) is 119 cm³/mol. The number of nitrogens with zero attached hydrogens (tertiary/aromatic N) is 1. The summed E-state index contributed by atoms with van der Waals surface area (Å²) in [5.74, 6) is 2.19. The van der Waals surface area contributed by atoms with Gasteiger partial charge >= 0.3 is 5.97 Å². The summed E-state index contributed by atoms with van der Waals surface area (Å²) in [6.45, 7) is 0. The van der Waals surface area contributed by atoms with E-state index in [2.05, 4.69) is 6.07 Å². The van der Waals surface area contributed by atoms with E-state index >= 15 is 0 Å². The van der Waals surface area contributed by atoms with Crippen LogP contribution in [0.3, 0.4) is 0 Å². The molecule has 2 aromatic rings. The van der Waals surface area contributed by atoms with Crippen LogP contribution in [0.4, 0.5) is 4.39 Å². The van der Waals surface area contributed by atoms with E-state index < -0.39 is 5.82 Å². The van der Waals surface area contributed by atoms with Gasteiger partial charge in [0, 0.05) is 5.56 Å². The van der Waals surface area contributed by atoms with Crippen LogP contribution in [0, 0.1) is 40.3 Å². The molecule has 0 saturated heterocycles. The Morgan fingerprint density at radius 2 is 1.72 bits per heavy atom. The maximum atomic E-state index is 14.1. The van der Waals surface area contributed by atoms with Crippen LogP contribution in [0.2, 0.25) is 0 Å². The van der Waals surface area contributed by atoms with Crippen molar-refractivity contribution in [1.29, 1.82) is 5.26 Å². The second-order valence-electron chi connectivity index (χ2n) is 9.65. The lowest BCUT2D eigenvalue weighted by Crippen LogP contribution is -2.51. The highest BCUT2D eigenvalue weighted by Crippen LogP contribution is 2.60. The molecular weight excluding hydrogens is 405 g/mol. The summed E-state index contributed by atoms with van der Waals surface area (Å²) in [5, 5.41) is 9.53. The maximum Gasteiger partial charge on any atom is 0.317 e. The molecular formula is C27H26FNO3. The molecule has 0 heterocycles. The van der Waals surface area contributed by atoms with Crippen LogP contribution in [0.1, 0.15) is 49.7 Å². The number of rotatable bonds is 5. The van der Waals surface area contributed by atoms with Gasteiger partial charge in [0.05, 0.1) is 24.2 Å². The first-order valence-corrected chi connectivity index (χ1v) is 11.3. The van der Waals surface area contributed by atoms with Crippen molar-refractivity contribution in [3.63, 3.8) is 0 Å². The van der Waals surface area contributed by atoms with Gasteiger partial charge in [-0.2, -0.15) is 5.26 Å². The van der Waals surface area contributed by atoms with E-state index in [-0.39, 0.29) is 22.5 Å². The van der Waals surface area contributed by atoms with Crippen LogP contribution >= 0.6 is 0 Å². The summed E-state index contributed by atoms with van der Waals surface area (Å²) in [5.41, 5.74) is 0.767. The largest absolute Gasteiger partial charge is 0.493 e. The molecule has 0 amide bonds. The van der Waals surface area contributed by atoms with Crippen molar-refractivity contribution >= 4 is 17.6 Å². The Hall–Kier alpha value is -3.13. The number of allylic oxidation sites excluding steroid dienone is 1. The highest BCUT2D eigenvalue weighted by Gasteiger charge is 2.55. The molecule has 4 aliphatic rings. The second kappa shape index (κ2) is 8.09. The molecule has 0 N–H and O–H groups in total. The van der Waals surface area contributed by atoms with Gasteiger partial charge in [-0.1, -0.05) is 24.3 Å². The SMILES string of the molecule is COc1cc(/C=C(/C#N)c2ccccc2F)ccc1OC(=O)C12CC3CC(CC(C3)C1)C2. The van der Waals surface area contributed by atoms with Crippen molar-refractivity contribution < 1.29 is 18.7 Å². The van der Waals surface area contributed by atoms with E-state index in [9.17, 15) is 14.4 Å². The maximum absolute atomic E-state index is 14.1. The zero-order valence-corrected chi connectivity index (χ0v) is 18.1. The molecule has 164 valence electrons. The Labute approximate surface area is 187 Å². The van der Waals surface area contributed by atoms with Crippen molar-refractivity contribution in [1.82, 2.24) is 0 Å². The van der Waals surface area contributed by atoms with Gasteiger partial charge in [0.2, 0.25) is 0 Å². The first-order valence-electron chi connectivity index (χ1n) is 11.3. The van der Waals surface area contributed by atoms with Crippen LogP contribution in [0.15, 0.2) is 42.5 Å². The topological polar surface area (TPSA) is 59.3 Å². The third-order valence-corrected chi connectivity index (χ3v) is 7.46. The molecule has 2 aromatic carbocycles. The Morgan fingerprint density at radius 1 is 1.06 bits per heavy atom. The summed E-state index contributed by atoms with van der Waals surface area (Å²) in [4.78, 5) is 13.3. The molecule has 32 heavy (non-hydrogen) atoms. The van der Waals surface area contributed by atoms with Crippen LogP contribution < -0.4 is 9.47 Å². The van der Waals surface area contributed by atoms with E-state index in [0.29, 0.717) is 34.8 Å². The highest BCUT2D eigenvalue weighted by molar-refractivity contribution is 5.90. The van der Waals surface area contributed by atoms with Crippen molar-refractivity contribution in [3.8, 4) is 17.6 Å². The Bertz CT molecular complexity index is 1090. The Balaban J connectivity index is 1.39. The van der Waals surface area contributed by atoms with Crippen molar-refractivity contribution in [3.05, 3.63) is 59.4 Å². The van der Waals surface area contributed by atoms with E-state index in [1.807, 2.05) is 0 Å². The monoisotopic (exact) mass is 431 g/mol.